The number of carbonyl (C=O) groups is 1. The van der Waals surface area contributed by atoms with Crippen LogP contribution in [0, 0.1) is 5.92 Å². The number of aliphatic hydroxyl groups excluding tert-OH is 1. The van der Waals surface area contributed by atoms with Gasteiger partial charge in [-0.2, -0.15) is 13.1 Å². The lowest BCUT2D eigenvalue weighted by Crippen LogP contribution is -2.41. The van der Waals surface area contributed by atoms with Crippen molar-refractivity contribution in [3.63, 3.8) is 0 Å². The fraction of sp³-hybridized carbons (Fsp3) is 0.875. The molecular weight excluding hydrogens is 236 g/mol. The molecule has 2 unspecified atom stereocenters. The summed E-state index contributed by atoms with van der Waals surface area (Å²) in [5.41, 5.74) is 0. The summed E-state index contributed by atoms with van der Waals surface area (Å²) in [4.78, 5) is 10.7. The number of amides is 1. The van der Waals surface area contributed by atoms with Crippen molar-refractivity contribution in [2.45, 2.75) is 25.4 Å². The average Bonchev–Trinajstić information content (AvgIpc) is 2.61. The molecule has 0 saturated heterocycles. The number of nitrogens with one attached hydrogen (secondary N) is 2. The summed E-state index contributed by atoms with van der Waals surface area (Å²) in [6.07, 6.45) is 0.682. The minimum atomic E-state index is -3.85. The fourth-order valence-electron chi connectivity index (χ4n) is 1.65. The molecule has 16 heavy (non-hydrogen) atoms. The standard InChI is InChI=1S/C8H16N2O5S/c1-15-8(12)10-16(13,14)9-5-6-2-3-7(11)4-6/h6-7,9,11H,2-5H2,1H3,(H,10,12). The van der Waals surface area contributed by atoms with Crippen molar-refractivity contribution in [2.75, 3.05) is 13.7 Å². The van der Waals surface area contributed by atoms with Crippen LogP contribution in [0.5, 0.6) is 0 Å². The third-order valence-electron chi connectivity index (χ3n) is 2.48. The van der Waals surface area contributed by atoms with Crippen LogP contribution in [0.25, 0.3) is 0 Å². The first kappa shape index (κ1) is 13.2. The molecule has 0 bridgehead atoms. The molecule has 1 amide bonds. The second kappa shape index (κ2) is 5.46. The van der Waals surface area contributed by atoms with E-state index in [9.17, 15) is 18.3 Å². The van der Waals surface area contributed by atoms with Gasteiger partial charge < -0.3 is 9.84 Å². The van der Waals surface area contributed by atoms with Gasteiger partial charge in [0.05, 0.1) is 13.2 Å². The van der Waals surface area contributed by atoms with Gasteiger partial charge >= 0.3 is 16.3 Å². The Morgan fingerprint density at radius 1 is 1.50 bits per heavy atom. The van der Waals surface area contributed by atoms with E-state index in [4.69, 9.17) is 0 Å². The number of aliphatic hydroxyl groups is 1. The first-order valence-corrected chi connectivity index (χ1v) is 6.44. The van der Waals surface area contributed by atoms with Crippen molar-refractivity contribution < 1.29 is 23.1 Å². The van der Waals surface area contributed by atoms with Gasteiger partial charge in [0.25, 0.3) is 0 Å². The maximum Gasteiger partial charge on any atom is 0.421 e. The summed E-state index contributed by atoms with van der Waals surface area (Å²) in [5, 5.41) is 9.25. The third kappa shape index (κ3) is 4.33. The number of hydrogen-bond donors (Lipinski definition) is 3. The summed E-state index contributed by atoms with van der Waals surface area (Å²) in [7, 11) is -2.77. The third-order valence-corrected chi connectivity index (χ3v) is 3.46. The summed E-state index contributed by atoms with van der Waals surface area (Å²) in [5.74, 6) is 0.115. The molecule has 0 aromatic carbocycles. The van der Waals surface area contributed by atoms with Crippen molar-refractivity contribution in [2.24, 2.45) is 5.92 Å². The van der Waals surface area contributed by atoms with E-state index < -0.39 is 16.3 Å². The fourth-order valence-corrected chi connectivity index (χ4v) is 2.48. The Kier molecular flexibility index (Phi) is 4.51. The SMILES string of the molecule is COC(=O)NS(=O)(=O)NCC1CCC(O)C1. The van der Waals surface area contributed by atoms with Crippen LogP contribution in [0.2, 0.25) is 0 Å². The monoisotopic (exact) mass is 252 g/mol. The van der Waals surface area contributed by atoms with Crippen LogP contribution in [0.3, 0.4) is 0 Å². The van der Waals surface area contributed by atoms with E-state index in [2.05, 4.69) is 9.46 Å². The minimum absolute atomic E-state index is 0.115. The molecule has 0 aromatic heterocycles. The van der Waals surface area contributed by atoms with Crippen LogP contribution in [0.4, 0.5) is 4.79 Å². The molecule has 1 aliphatic carbocycles. The van der Waals surface area contributed by atoms with Crippen LogP contribution < -0.4 is 9.44 Å². The van der Waals surface area contributed by atoms with Crippen LogP contribution in [-0.4, -0.2) is 39.4 Å². The minimum Gasteiger partial charge on any atom is -0.452 e. The van der Waals surface area contributed by atoms with Crippen molar-refractivity contribution in [1.82, 2.24) is 9.44 Å². The Bertz CT molecular complexity index is 342. The molecule has 2 atom stereocenters. The summed E-state index contributed by atoms with van der Waals surface area (Å²) in [6, 6.07) is 0. The summed E-state index contributed by atoms with van der Waals surface area (Å²) in [6.45, 7) is 0.212. The predicted octanol–water partition coefficient (Wildman–Crippen LogP) is -0.662. The molecule has 1 saturated carbocycles. The van der Waals surface area contributed by atoms with E-state index >= 15 is 0 Å². The lowest BCUT2D eigenvalue weighted by Gasteiger charge is -2.11. The van der Waals surface area contributed by atoms with Gasteiger partial charge in [-0.15, -0.1) is 0 Å². The topological polar surface area (TPSA) is 105 Å². The molecule has 3 N–H and O–H groups in total. The average molecular weight is 252 g/mol. The Labute approximate surface area is 94.4 Å². The van der Waals surface area contributed by atoms with E-state index in [0.717, 1.165) is 13.5 Å². The molecule has 94 valence electrons. The number of hydrogen-bond acceptors (Lipinski definition) is 5. The quantitative estimate of drug-likeness (QED) is 0.616. The Morgan fingerprint density at radius 3 is 2.69 bits per heavy atom. The van der Waals surface area contributed by atoms with Crippen molar-refractivity contribution in [1.29, 1.82) is 0 Å². The molecule has 7 nitrogen and oxygen atoms in total. The van der Waals surface area contributed by atoms with Gasteiger partial charge in [-0.05, 0) is 25.2 Å². The van der Waals surface area contributed by atoms with Gasteiger partial charge in [0, 0.05) is 6.54 Å². The highest BCUT2D eigenvalue weighted by Gasteiger charge is 2.24. The number of ether oxygens (including phenoxy) is 1. The van der Waals surface area contributed by atoms with Crippen LogP contribution in [0.1, 0.15) is 19.3 Å². The van der Waals surface area contributed by atoms with E-state index in [1.54, 1.807) is 4.72 Å². The molecule has 1 rings (SSSR count). The molecular formula is C8H16N2O5S. The highest BCUT2D eigenvalue weighted by molar-refractivity contribution is 7.88. The van der Waals surface area contributed by atoms with Gasteiger partial charge in [0.1, 0.15) is 0 Å². The largest absolute Gasteiger partial charge is 0.452 e. The van der Waals surface area contributed by atoms with Gasteiger partial charge in [0.2, 0.25) is 0 Å². The van der Waals surface area contributed by atoms with E-state index in [0.29, 0.717) is 12.8 Å². The Balaban J connectivity index is 2.33. The maximum absolute atomic E-state index is 11.3. The highest BCUT2D eigenvalue weighted by atomic mass is 32.2. The predicted molar refractivity (Wildman–Crippen MR) is 55.8 cm³/mol. The Morgan fingerprint density at radius 2 is 2.19 bits per heavy atom. The maximum atomic E-state index is 11.3. The zero-order valence-electron chi connectivity index (χ0n) is 8.97. The first-order chi connectivity index (χ1) is 7.43. The van der Waals surface area contributed by atoms with Gasteiger partial charge in [-0.25, -0.2) is 9.52 Å². The van der Waals surface area contributed by atoms with Crippen molar-refractivity contribution >= 4 is 16.3 Å². The van der Waals surface area contributed by atoms with Gasteiger partial charge in [-0.1, -0.05) is 0 Å². The lowest BCUT2D eigenvalue weighted by atomic mass is 10.1. The highest BCUT2D eigenvalue weighted by Crippen LogP contribution is 2.24. The van der Waals surface area contributed by atoms with E-state index in [1.807, 2.05) is 0 Å². The second-order valence-corrected chi connectivity index (χ2v) is 5.28. The molecule has 1 fully saturated rings. The molecule has 0 aromatic rings. The first-order valence-electron chi connectivity index (χ1n) is 4.96. The van der Waals surface area contributed by atoms with Gasteiger partial charge in [0.15, 0.2) is 0 Å². The Hall–Kier alpha value is -0.860. The number of methoxy groups -OCH3 is 1. The smallest absolute Gasteiger partial charge is 0.421 e. The van der Waals surface area contributed by atoms with E-state index in [1.165, 1.54) is 0 Å². The molecule has 0 radical (unpaired) electrons. The normalized spacial score (nSPS) is 25.4. The number of carbonyl (C=O) groups excluding carboxylic acids is 1. The summed E-state index contributed by atoms with van der Waals surface area (Å²) < 4.78 is 30.6. The number of rotatable bonds is 4. The zero-order chi connectivity index (χ0) is 12.2. The van der Waals surface area contributed by atoms with E-state index in [-0.39, 0.29) is 18.6 Å². The zero-order valence-corrected chi connectivity index (χ0v) is 9.79. The van der Waals surface area contributed by atoms with Crippen molar-refractivity contribution in [3.8, 4) is 0 Å². The second-order valence-electron chi connectivity index (χ2n) is 3.78. The van der Waals surface area contributed by atoms with Crippen LogP contribution in [-0.2, 0) is 14.9 Å². The van der Waals surface area contributed by atoms with Crippen LogP contribution in [0.15, 0.2) is 0 Å². The van der Waals surface area contributed by atoms with Crippen LogP contribution >= 0.6 is 0 Å². The van der Waals surface area contributed by atoms with Crippen molar-refractivity contribution in [3.05, 3.63) is 0 Å². The molecule has 8 heteroatoms. The lowest BCUT2D eigenvalue weighted by molar-refractivity contribution is 0.176. The molecule has 0 heterocycles. The molecule has 1 aliphatic rings. The molecule has 0 aliphatic heterocycles. The van der Waals surface area contributed by atoms with Gasteiger partial charge in [-0.3, -0.25) is 0 Å². The summed E-state index contributed by atoms with van der Waals surface area (Å²) >= 11 is 0. The molecule has 0 spiro atoms.